The lowest BCUT2D eigenvalue weighted by Crippen LogP contribution is -2.42. The minimum Gasteiger partial charge on any atom is -0.449 e. The van der Waals surface area contributed by atoms with Gasteiger partial charge in [0.15, 0.2) is 11.5 Å². The Morgan fingerprint density at radius 3 is 2.66 bits per heavy atom. The molecule has 0 fully saturated rings. The van der Waals surface area contributed by atoms with Gasteiger partial charge in [0.2, 0.25) is 0 Å². The molecule has 0 saturated heterocycles. The van der Waals surface area contributed by atoms with Crippen LogP contribution in [0.1, 0.15) is 34.8 Å². The Kier molecular flexibility index (Phi) is 7.85. The van der Waals surface area contributed by atoms with Crippen LogP contribution in [-0.2, 0) is 11.3 Å². The molecular formula is C28H28ClN3O3. The molecule has 180 valence electrons. The van der Waals surface area contributed by atoms with E-state index in [-0.39, 0.29) is 23.6 Å². The van der Waals surface area contributed by atoms with Crippen LogP contribution < -0.4 is 15.4 Å². The summed E-state index contributed by atoms with van der Waals surface area (Å²) in [6.07, 6.45) is 2.43. The lowest BCUT2D eigenvalue weighted by molar-refractivity contribution is -0.115. The lowest BCUT2D eigenvalue weighted by Gasteiger charge is -2.25. The van der Waals surface area contributed by atoms with Crippen molar-refractivity contribution in [3.8, 4) is 5.75 Å². The third kappa shape index (κ3) is 6.50. The molecule has 0 aliphatic carbocycles. The fourth-order valence-electron chi connectivity index (χ4n) is 3.93. The van der Waals surface area contributed by atoms with Gasteiger partial charge >= 0.3 is 0 Å². The Morgan fingerprint density at radius 2 is 1.91 bits per heavy atom. The highest BCUT2D eigenvalue weighted by molar-refractivity contribution is 6.30. The number of nitrogens with zero attached hydrogens (tertiary/aromatic N) is 1. The van der Waals surface area contributed by atoms with Crippen molar-refractivity contribution in [2.24, 2.45) is 0 Å². The summed E-state index contributed by atoms with van der Waals surface area (Å²) in [5, 5.41) is 6.49. The molecule has 6 nitrogen and oxygen atoms in total. The summed E-state index contributed by atoms with van der Waals surface area (Å²) in [4.78, 5) is 27.7. The summed E-state index contributed by atoms with van der Waals surface area (Å²) >= 11 is 6.03. The first-order chi connectivity index (χ1) is 16.9. The van der Waals surface area contributed by atoms with Crippen molar-refractivity contribution in [3.63, 3.8) is 0 Å². The monoisotopic (exact) mass is 489 g/mol. The van der Waals surface area contributed by atoms with Gasteiger partial charge in [0.1, 0.15) is 0 Å². The number of benzene rings is 3. The normalized spacial score (nSPS) is 14.7. The quantitative estimate of drug-likeness (QED) is 0.418. The zero-order chi connectivity index (χ0) is 24.8. The number of ether oxygens (including phenoxy) is 1. The van der Waals surface area contributed by atoms with E-state index in [1.807, 2.05) is 31.3 Å². The number of likely N-dealkylation sites (N-methyl/N-ethyl adjacent to an activating group) is 1. The number of halogens is 1. The van der Waals surface area contributed by atoms with Gasteiger partial charge in [0, 0.05) is 29.7 Å². The number of hydrogen-bond acceptors (Lipinski definition) is 4. The summed E-state index contributed by atoms with van der Waals surface area (Å²) in [7, 11) is 2.04. The van der Waals surface area contributed by atoms with Crippen LogP contribution in [0.25, 0.3) is 6.08 Å². The number of fused-ring (bicyclic) bond motifs is 1. The first kappa shape index (κ1) is 24.5. The second kappa shape index (κ2) is 11.2. The minimum atomic E-state index is -0.385. The molecule has 0 spiro atoms. The van der Waals surface area contributed by atoms with Gasteiger partial charge in [-0.05, 0) is 61.0 Å². The predicted molar refractivity (Wildman–Crippen MR) is 139 cm³/mol. The average molecular weight is 490 g/mol. The van der Waals surface area contributed by atoms with Gasteiger partial charge in [-0.15, -0.1) is 0 Å². The molecule has 3 aromatic rings. The third-order valence-corrected chi connectivity index (χ3v) is 5.97. The summed E-state index contributed by atoms with van der Waals surface area (Å²) in [6.45, 7) is 3.58. The highest BCUT2D eigenvalue weighted by Gasteiger charge is 2.24. The smallest absolute Gasteiger partial charge is 0.291 e. The molecule has 0 unspecified atom stereocenters. The number of carbonyl (C=O) groups excluding carboxylic acids is 2. The minimum absolute atomic E-state index is 0.00896. The van der Waals surface area contributed by atoms with Gasteiger partial charge < -0.3 is 20.3 Å². The molecule has 0 saturated carbocycles. The lowest BCUT2D eigenvalue weighted by atomic mass is 10.1. The van der Waals surface area contributed by atoms with E-state index in [1.54, 1.807) is 42.5 Å². The molecule has 0 bridgehead atoms. The standard InChI is InChI=1S/C28H28ClN3O3/c1-3-23(18-32(2)17-19-8-5-4-6-9-19)30-27(33)21-12-13-25-24(16-21)31-28(34)26(35-25)15-20-10-7-11-22(29)14-20/h4-16,23H,3,17-18H2,1-2H3,(H,30,33)(H,31,34)/b26-15+/t23-/m1/s1. The second-order valence-corrected chi connectivity index (χ2v) is 9.03. The number of hydrogen-bond donors (Lipinski definition) is 2. The third-order valence-electron chi connectivity index (χ3n) is 5.74. The van der Waals surface area contributed by atoms with E-state index in [4.69, 9.17) is 16.3 Å². The van der Waals surface area contributed by atoms with Crippen molar-refractivity contribution >= 4 is 35.2 Å². The average Bonchev–Trinajstić information content (AvgIpc) is 2.84. The highest BCUT2D eigenvalue weighted by Crippen LogP contribution is 2.32. The molecule has 0 radical (unpaired) electrons. The van der Waals surface area contributed by atoms with E-state index in [9.17, 15) is 9.59 Å². The maximum atomic E-state index is 13.0. The predicted octanol–water partition coefficient (Wildman–Crippen LogP) is 5.35. The van der Waals surface area contributed by atoms with Crippen LogP contribution >= 0.6 is 11.6 Å². The maximum absolute atomic E-state index is 13.0. The molecular weight excluding hydrogens is 462 g/mol. The molecule has 35 heavy (non-hydrogen) atoms. The molecule has 7 heteroatoms. The Hall–Kier alpha value is -3.61. The van der Waals surface area contributed by atoms with Crippen molar-refractivity contribution in [3.05, 3.63) is 100 Å². The van der Waals surface area contributed by atoms with Gasteiger partial charge in [-0.25, -0.2) is 0 Å². The number of amides is 2. The molecule has 2 amide bonds. The van der Waals surface area contributed by atoms with Crippen LogP contribution in [0.2, 0.25) is 5.02 Å². The Labute approximate surface area is 210 Å². The van der Waals surface area contributed by atoms with Crippen molar-refractivity contribution in [1.29, 1.82) is 0 Å². The van der Waals surface area contributed by atoms with Crippen molar-refractivity contribution in [1.82, 2.24) is 10.2 Å². The number of rotatable bonds is 8. The molecule has 1 heterocycles. The van der Waals surface area contributed by atoms with Crippen LogP contribution in [0.15, 0.2) is 78.6 Å². The van der Waals surface area contributed by atoms with Crippen LogP contribution in [0.5, 0.6) is 5.75 Å². The first-order valence-electron chi connectivity index (χ1n) is 11.5. The molecule has 2 N–H and O–H groups in total. The van der Waals surface area contributed by atoms with Gasteiger partial charge in [-0.1, -0.05) is 61.0 Å². The summed E-state index contributed by atoms with van der Waals surface area (Å²) in [5.41, 5.74) is 2.90. The van der Waals surface area contributed by atoms with Crippen LogP contribution in [0.3, 0.4) is 0 Å². The van der Waals surface area contributed by atoms with E-state index in [0.717, 1.165) is 25.1 Å². The Balaban J connectivity index is 1.41. The molecule has 1 atom stereocenters. The fraction of sp³-hybridized carbons (Fsp3) is 0.214. The first-order valence-corrected chi connectivity index (χ1v) is 11.9. The van der Waals surface area contributed by atoms with E-state index in [2.05, 4.69) is 34.6 Å². The van der Waals surface area contributed by atoms with Gasteiger partial charge in [0.05, 0.1) is 5.69 Å². The Bertz CT molecular complexity index is 1240. The Morgan fingerprint density at radius 1 is 1.11 bits per heavy atom. The fourth-order valence-corrected chi connectivity index (χ4v) is 4.13. The molecule has 1 aliphatic heterocycles. The number of nitrogens with one attached hydrogen (secondary N) is 2. The molecule has 0 aromatic heterocycles. The zero-order valence-corrected chi connectivity index (χ0v) is 20.5. The van der Waals surface area contributed by atoms with Gasteiger partial charge in [-0.2, -0.15) is 0 Å². The van der Waals surface area contributed by atoms with Gasteiger partial charge in [-0.3, -0.25) is 9.59 Å². The summed E-state index contributed by atoms with van der Waals surface area (Å²) in [5.74, 6) is 0.0554. The van der Waals surface area contributed by atoms with Crippen LogP contribution in [0.4, 0.5) is 5.69 Å². The maximum Gasteiger partial charge on any atom is 0.291 e. The molecule has 4 rings (SSSR count). The summed E-state index contributed by atoms with van der Waals surface area (Å²) in [6, 6.07) is 22.4. The van der Waals surface area contributed by atoms with Crippen LogP contribution in [-0.4, -0.2) is 36.3 Å². The topological polar surface area (TPSA) is 70.7 Å². The second-order valence-electron chi connectivity index (χ2n) is 8.59. The van der Waals surface area contributed by atoms with Crippen molar-refractivity contribution < 1.29 is 14.3 Å². The number of anilines is 1. The SMILES string of the molecule is CC[C@H](CN(C)Cc1ccccc1)NC(=O)c1ccc2c(c1)NC(=O)/C(=C\c1cccc(Cl)c1)O2. The summed E-state index contributed by atoms with van der Waals surface area (Å²) < 4.78 is 5.80. The van der Waals surface area contributed by atoms with E-state index < -0.39 is 0 Å². The van der Waals surface area contributed by atoms with Crippen molar-refractivity contribution in [2.75, 3.05) is 18.9 Å². The molecule has 3 aromatic carbocycles. The zero-order valence-electron chi connectivity index (χ0n) is 19.8. The van der Waals surface area contributed by atoms with Gasteiger partial charge in [0.25, 0.3) is 11.8 Å². The molecule has 1 aliphatic rings. The van der Waals surface area contributed by atoms with E-state index in [0.29, 0.717) is 22.0 Å². The van der Waals surface area contributed by atoms with Crippen LogP contribution in [0, 0.1) is 0 Å². The van der Waals surface area contributed by atoms with Crippen molar-refractivity contribution in [2.45, 2.75) is 25.9 Å². The highest BCUT2D eigenvalue weighted by atomic mass is 35.5. The van der Waals surface area contributed by atoms with E-state index in [1.165, 1.54) is 5.56 Å². The largest absolute Gasteiger partial charge is 0.449 e. The van der Waals surface area contributed by atoms with E-state index >= 15 is 0 Å². The number of carbonyl (C=O) groups is 2.